The van der Waals surface area contributed by atoms with Crippen molar-refractivity contribution in [3.63, 3.8) is 0 Å². The van der Waals surface area contributed by atoms with Crippen LogP contribution in [0.3, 0.4) is 0 Å². The molecule has 2 aromatic rings. The Morgan fingerprint density at radius 2 is 1.90 bits per heavy atom. The molecule has 0 radical (unpaired) electrons. The van der Waals surface area contributed by atoms with Gasteiger partial charge in [0.1, 0.15) is 10.9 Å². The van der Waals surface area contributed by atoms with E-state index in [1.165, 1.54) is 12.1 Å². The van der Waals surface area contributed by atoms with Gasteiger partial charge in [0.2, 0.25) is 5.79 Å². The molecule has 1 atom stereocenters. The molecule has 0 saturated heterocycles. The van der Waals surface area contributed by atoms with E-state index in [4.69, 9.17) is 22.3 Å². The Kier molecular flexibility index (Phi) is 6.54. The lowest BCUT2D eigenvalue weighted by molar-refractivity contribution is -0.384. The molecule has 8 heteroatoms. The summed E-state index contributed by atoms with van der Waals surface area (Å²) in [5, 5.41) is 14.6. The SMILES string of the molecule is CCN(CC)C1=NC(N)(c2ccc(Cl)c([N+](=O)[O-])c2)NC(C=Cc2ccccc2)=C1. The number of aliphatic imine (C=N–C) groups is 1. The van der Waals surface area contributed by atoms with Crippen molar-refractivity contribution in [2.75, 3.05) is 13.1 Å². The molecule has 0 fully saturated rings. The zero-order chi connectivity index (χ0) is 21.7. The lowest BCUT2D eigenvalue weighted by Crippen LogP contribution is -2.52. The second-order valence-corrected chi connectivity index (χ2v) is 7.21. The monoisotopic (exact) mass is 425 g/mol. The summed E-state index contributed by atoms with van der Waals surface area (Å²) in [5.41, 5.74) is 8.65. The van der Waals surface area contributed by atoms with Crippen LogP contribution in [0.4, 0.5) is 5.69 Å². The van der Waals surface area contributed by atoms with Crippen molar-refractivity contribution in [1.82, 2.24) is 10.2 Å². The molecule has 7 nitrogen and oxygen atoms in total. The summed E-state index contributed by atoms with van der Waals surface area (Å²) in [4.78, 5) is 17.6. The minimum atomic E-state index is -1.38. The molecule has 1 unspecified atom stereocenters. The summed E-state index contributed by atoms with van der Waals surface area (Å²) in [6.45, 7) is 5.57. The number of nitro groups is 1. The lowest BCUT2D eigenvalue weighted by Gasteiger charge is -2.35. The van der Waals surface area contributed by atoms with Gasteiger partial charge in [0.15, 0.2) is 0 Å². The molecular formula is C22H24ClN5O2. The first-order valence-electron chi connectivity index (χ1n) is 9.67. The van der Waals surface area contributed by atoms with Crippen LogP contribution in [-0.2, 0) is 5.79 Å². The summed E-state index contributed by atoms with van der Waals surface area (Å²) in [6, 6.07) is 14.4. The largest absolute Gasteiger partial charge is 0.357 e. The van der Waals surface area contributed by atoms with Crippen molar-refractivity contribution in [2.45, 2.75) is 19.6 Å². The maximum Gasteiger partial charge on any atom is 0.288 e. The number of allylic oxidation sites excluding steroid dienone is 1. The quantitative estimate of drug-likeness (QED) is 0.532. The fourth-order valence-corrected chi connectivity index (χ4v) is 3.40. The van der Waals surface area contributed by atoms with Crippen LogP contribution in [0.25, 0.3) is 6.08 Å². The molecule has 1 aliphatic rings. The highest BCUT2D eigenvalue weighted by molar-refractivity contribution is 6.32. The predicted molar refractivity (Wildman–Crippen MR) is 121 cm³/mol. The number of hydrogen-bond acceptors (Lipinski definition) is 6. The number of nitrogens with zero attached hydrogens (tertiary/aromatic N) is 3. The number of amidine groups is 1. The normalized spacial score (nSPS) is 18.5. The van der Waals surface area contributed by atoms with E-state index in [2.05, 4.69) is 10.2 Å². The molecule has 0 aromatic heterocycles. The average molecular weight is 426 g/mol. The van der Waals surface area contributed by atoms with Gasteiger partial charge in [-0.15, -0.1) is 0 Å². The lowest BCUT2D eigenvalue weighted by atomic mass is 10.0. The third kappa shape index (κ3) is 4.69. The maximum atomic E-state index is 11.3. The third-order valence-electron chi connectivity index (χ3n) is 4.84. The molecule has 0 saturated carbocycles. The Morgan fingerprint density at radius 1 is 1.20 bits per heavy atom. The van der Waals surface area contributed by atoms with Gasteiger partial charge in [-0.05, 0) is 31.6 Å². The molecule has 156 valence electrons. The highest BCUT2D eigenvalue weighted by atomic mass is 35.5. The smallest absolute Gasteiger partial charge is 0.288 e. The van der Waals surface area contributed by atoms with E-state index >= 15 is 0 Å². The first kappa shape index (κ1) is 21.5. The molecule has 1 aliphatic heterocycles. The van der Waals surface area contributed by atoms with Crippen molar-refractivity contribution < 1.29 is 4.92 Å². The third-order valence-corrected chi connectivity index (χ3v) is 5.16. The van der Waals surface area contributed by atoms with E-state index in [-0.39, 0.29) is 10.7 Å². The van der Waals surface area contributed by atoms with Crippen molar-refractivity contribution >= 4 is 29.2 Å². The Hall–Kier alpha value is -3.16. The summed E-state index contributed by atoms with van der Waals surface area (Å²) in [7, 11) is 0. The molecule has 0 bridgehead atoms. The van der Waals surface area contributed by atoms with Crippen molar-refractivity contribution in [3.8, 4) is 0 Å². The van der Waals surface area contributed by atoms with Gasteiger partial charge in [-0.2, -0.15) is 0 Å². The zero-order valence-corrected chi connectivity index (χ0v) is 17.6. The van der Waals surface area contributed by atoms with Crippen LogP contribution in [0, 0.1) is 10.1 Å². The Labute approximate surface area is 180 Å². The highest BCUT2D eigenvalue weighted by Crippen LogP contribution is 2.31. The van der Waals surface area contributed by atoms with Crippen LogP contribution < -0.4 is 11.1 Å². The summed E-state index contributed by atoms with van der Waals surface area (Å²) in [6.07, 6.45) is 5.80. The maximum absolute atomic E-state index is 11.3. The van der Waals surface area contributed by atoms with Gasteiger partial charge in [-0.3, -0.25) is 15.8 Å². The van der Waals surface area contributed by atoms with Crippen LogP contribution in [0.15, 0.2) is 71.4 Å². The fraction of sp³-hybridized carbons (Fsp3) is 0.227. The molecule has 2 aromatic carbocycles. The van der Waals surface area contributed by atoms with Crippen molar-refractivity contribution in [1.29, 1.82) is 0 Å². The molecule has 0 aliphatic carbocycles. The van der Waals surface area contributed by atoms with Gasteiger partial charge in [0.25, 0.3) is 5.69 Å². The van der Waals surface area contributed by atoms with Crippen LogP contribution >= 0.6 is 11.6 Å². The van der Waals surface area contributed by atoms with Crippen LogP contribution in [0.5, 0.6) is 0 Å². The standard InChI is InChI=1S/C22H24ClN5O2/c1-3-27(4-2)21-15-18(12-10-16-8-6-5-7-9-16)25-22(24,26-21)17-11-13-19(23)20(14-17)28(29)30/h5-15,25H,3-4,24H2,1-2H3. The van der Waals surface area contributed by atoms with Crippen molar-refractivity contribution in [3.05, 3.63) is 92.6 Å². The highest BCUT2D eigenvalue weighted by Gasteiger charge is 2.33. The van der Waals surface area contributed by atoms with E-state index in [0.29, 0.717) is 11.4 Å². The van der Waals surface area contributed by atoms with Crippen molar-refractivity contribution in [2.24, 2.45) is 10.7 Å². The Bertz CT molecular complexity index is 1020. The molecule has 1 heterocycles. The van der Waals surface area contributed by atoms with E-state index in [1.807, 2.05) is 62.4 Å². The topological polar surface area (TPSA) is 96.8 Å². The predicted octanol–water partition coefficient (Wildman–Crippen LogP) is 4.26. The molecule has 0 amide bonds. The molecule has 0 spiro atoms. The molecule has 3 rings (SSSR count). The molecule has 3 N–H and O–H groups in total. The number of nitrogens with two attached hydrogens (primary N) is 1. The first-order valence-corrected chi connectivity index (χ1v) is 10.0. The number of rotatable bonds is 6. The average Bonchev–Trinajstić information content (AvgIpc) is 2.73. The van der Waals surface area contributed by atoms with Crippen LogP contribution in [0.2, 0.25) is 5.02 Å². The van der Waals surface area contributed by atoms with Gasteiger partial charge < -0.3 is 10.2 Å². The number of hydrogen-bond donors (Lipinski definition) is 2. The number of nitrogens with one attached hydrogen (secondary N) is 1. The number of halogens is 1. The zero-order valence-electron chi connectivity index (χ0n) is 16.9. The summed E-state index contributed by atoms with van der Waals surface area (Å²) in [5.74, 6) is -0.676. The Balaban J connectivity index is 2.04. The van der Waals surface area contributed by atoms with E-state index in [1.54, 1.807) is 6.07 Å². The van der Waals surface area contributed by atoms with Gasteiger partial charge in [-0.25, -0.2) is 4.99 Å². The van der Waals surface area contributed by atoms with Gasteiger partial charge in [0, 0.05) is 36.5 Å². The molecule has 30 heavy (non-hydrogen) atoms. The number of nitro benzene ring substituents is 1. The minimum absolute atomic E-state index is 0.0517. The van der Waals surface area contributed by atoms with Gasteiger partial charge in [-0.1, -0.05) is 54.1 Å². The number of likely N-dealkylation sites (N-methyl/N-ethyl adjacent to an activating group) is 1. The minimum Gasteiger partial charge on any atom is -0.357 e. The summed E-state index contributed by atoms with van der Waals surface area (Å²) < 4.78 is 0. The molecular weight excluding hydrogens is 402 g/mol. The number of benzene rings is 2. The fourth-order valence-electron chi connectivity index (χ4n) is 3.21. The van der Waals surface area contributed by atoms with E-state index in [0.717, 1.165) is 24.4 Å². The van der Waals surface area contributed by atoms with Gasteiger partial charge in [0.05, 0.1) is 4.92 Å². The van der Waals surface area contributed by atoms with Crippen LogP contribution in [-0.4, -0.2) is 28.7 Å². The van der Waals surface area contributed by atoms with E-state index < -0.39 is 10.7 Å². The van der Waals surface area contributed by atoms with E-state index in [9.17, 15) is 10.1 Å². The second kappa shape index (κ2) is 9.11. The summed E-state index contributed by atoms with van der Waals surface area (Å²) >= 11 is 5.98. The first-order chi connectivity index (χ1) is 14.4. The van der Waals surface area contributed by atoms with Gasteiger partial charge >= 0.3 is 0 Å². The van der Waals surface area contributed by atoms with Crippen LogP contribution in [0.1, 0.15) is 25.0 Å². The second-order valence-electron chi connectivity index (χ2n) is 6.80. The Morgan fingerprint density at radius 3 is 2.53 bits per heavy atom.